The Hall–Kier alpha value is -3.26. The van der Waals surface area contributed by atoms with E-state index in [0.29, 0.717) is 23.5 Å². The van der Waals surface area contributed by atoms with Gasteiger partial charge in [-0.1, -0.05) is 11.6 Å². The number of ether oxygens (including phenoxy) is 2. The Balaban J connectivity index is 2.37. The van der Waals surface area contributed by atoms with Crippen molar-refractivity contribution in [2.75, 3.05) is 25.6 Å². The van der Waals surface area contributed by atoms with Gasteiger partial charge in [-0.3, -0.25) is 0 Å². The van der Waals surface area contributed by atoms with Crippen molar-refractivity contribution < 1.29 is 27.9 Å². The Bertz CT molecular complexity index is 1090. The highest BCUT2D eigenvalue weighted by atomic mass is 35.5. The van der Waals surface area contributed by atoms with Gasteiger partial charge >= 0.3 is 12.1 Å². The summed E-state index contributed by atoms with van der Waals surface area (Å²) in [6.07, 6.45) is -1.28. The van der Waals surface area contributed by atoms with Gasteiger partial charge in [0.25, 0.3) is 0 Å². The zero-order valence-corrected chi connectivity index (χ0v) is 16.7. The van der Waals surface area contributed by atoms with E-state index in [4.69, 9.17) is 26.5 Å². The molecule has 0 bridgehead atoms. The van der Waals surface area contributed by atoms with Crippen molar-refractivity contribution >= 4 is 40.3 Å². The van der Waals surface area contributed by atoms with Crippen molar-refractivity contribution in [3.63, 3.8) is 0 Å². The molecule has 0 radical (unpaired) electrons. The maximum absolute atomic E-state index is 13.4. The maximum Gasteiger partial charge on any atom is 0.412 e. The lowest BCUT2D eigenvalue weighted by atomic mass is 10.0. The second-order valence-electron chi connectivity index (χ2n) is 6.15. The van der Waals surface area contributed by atoms with Crippen molar-refractivity contribution in [1.82, 2.24) is 0 Å². The van der Waals surface area contributed by atoms with Gasteiger partial charge in [0, 0.05) is 25.2 Å². The summed E-state index contributed by atoms with van der Waals surface area (Å²) in [6.45, 7) is 2.60. The third-order valence-electron chi connectivity index (χ3n) is 4.45. The molecule has 1 heterocycles. The van der Waals surface area contributed by atoms with Crippen molar-refractivity contribution in [2.24, 2.45) is 5.73 Å². The lowest BCUT2D eigenvalue weighted by Crippen LogP contribution is -2.19. The predicted octanol–water partition coefficient (Wildman–Crippen LogP) is 4.59. The summed E-state index contributed by atoms with van der Waals surface area (Å²) < 4.78 is 29.3. The first-order valence-corrected chi connectivity index (χ1v) is 8.97. The van der Waals surface area contributed by atoms with Crippen LogP contribution in [0.5, 0.6) is 5.75 Å². The molecule has 0 atom stereocenters. The number of halogens is 2. The Kier molecular flexibility index (Phi) is 5.65. The molecule has 152 valence electrons. The Morgan fingerprint density at radius 1 is 1.28 bits per heavy atom. The van der Waals surface area contributed by atoms with Crippen LogP contribution in [-0.2, 0) is 4.74 Å². The van der Waals surface area contributed by atoms with Crippen molar-refractivity contribution in [2.45, 2.75) is 6.92 Å². The summed E-state index contributed by atoms with van der Waals surface area (Å²) in [4.78, 5) is 25.7. The van der Waals surface area contributed by atoms with Crippen LogP contribution in [0.15, 0.2) is 34.7 Å². The molecule has 2 aromatic carbocycles. The fraction of sp³-hybridized carbons (Fsp3) is 0.200. The highest BCUT2D eigenvalue weighted by Gasteiger charge is 2.29. The van der Waals surface area contributed by atoms with Crippen LogP contribution in [0.4, 0.5) is 14.9 Å². The first kappa shape index (κ1) is 20.5. The molecule has 0 spiro atoms. The van der Waals surface area contributed by atoms with Gasteiger partial charge in [0.05, 0.1) is 23.2 Å². The zero-order valence-electron chi connectivity index (χ0n) is 15.9. The number of rotatable bonds is 5. The van der Waals surface area contributed by atoms with Gasteiger partial charge in [-0.2, -0.15) is 0 Å². The number of fused-ring (bicyclic) bond motifs is 1. The molecule has 0 aliphatic carbocycles. The number of nitrogens with two attached hydrogens (primary N) is 1. The Morgan fingerprint density at radius 3 is 2.48 bits per heavy atom. The highest BCUT2D eigenvalue weighted by molar-refractivity contribution is 6.39. The molecule has 29 heavy (non-hydrogen) atoms. The van der Waals surface area contributed by atoms with Crippen LogP contribution in [0.1, 0.15) is 17.3 Å². The van der Waals surface area contributed by atoms with Gasteiger partial charge in [0.1, 0.15) is 22.7 Å². The first-order valence-electron chi connectivity index (χ1n) is 8.60. The summed E-state index contributed by atoms with van der Waals surface area (Å²) in [7, 11) is 3.29. The fourth-order valence-electron chi connectivity index (χ4n) is 2.97. The van der Waals surface area contributed by atoms with Crippen molar-refractivity contribution in [3.8, 4) is 17.1 Å². The number of primary amides is 1. The molecule has 0 saturated heterocycles. The molecule has 0 fully saturated rings. The normalized spacial score (nSPS) is 10.8. The van der Waals surface area contributed by atoms with Crippen molar-refractivity contribution in [3.05, 3.63) is 46.7 Å². The number of hydrogen-bond acceptors (Lipinski definition) is 6. The van der Waals surface area contributed by atoms with E-state index in [1.807, 2.05) is 18.9 Å². The monoisotopic (exact) mass is 420 g/mol. The quantitative estimate of drug-likeness (QED) is 0.479. The van der Waals surface area contributed by atoms with E-state index in [2.05, 4.69) is 4.74 Å². The second-order valence-corrected chi connectivity index (χ2v) is 6.53. The zero-order chi connectivity index (χ0) is 21.3. The molecule has 1 aromatic heterocycles. The topological polar surface area (TPSA) is 95.0 Å². The molecular weight excluding hydrogens is 403 g/mol. The molecule has 3 rings (SSSR count). The molecule has 1 amide bonds. The number of methoxy groups -OCH3 is 1. The summed E-state index contributed by atoms with van der Waals surface area (Å²) in [5.41, 5.74) is 6.18. The van der Waals surface area contributed by atoms with E-state index < -0.39 is 17.9 Å². The number of anilines is 1. The molecule has 9 heteroatoms. The Morgan fingerprint density at radius 2 is 1.93 bits per heavy atom. The summed E-state index contributed by atoms with van der Waals surface area (Å²) in [5.74, 6) is -1.12. The summed E-state index contributed by atoms with van der Waals surface area (Å²) in [5, 5.41) is 0.302. The van der Waals surface area contributed by atoms with Gasteiger partial charge in [0.2, 0.25) is 0 Å². The number of furan rings is 1. The standard InChI is InChI=1S/C20H18ClFN2O5/c1-4-24(2)12-9-13-14(16(21)18(12)27-3)15(19(25)29-20(23)26)17(28-13)10-5-7-11(22)8-6-10/h5-9H,4H2,1-3H3,(H2,23,26). The van der Waals surface area contributed by atoms with Crippen LogP contribution in [-0.4, -0.2) is 32.8 Å². The smallest absolute Gasteiger partial charge is 0.412 e. The first-order chi connectivity index (χ1) is 13.8. The van der Waals surface area contributed by atoms with Gasteiger partial charge in [-0.15, -0.1) is 0 Å². The van der Waals surface area contributed by atoms with E-state index >= 15 is 0 Å². The number of nitrogens with zero attached hydrogens (tertiary/aromatic N) is 1. The van der Waals surface area contributed by atoms with Crippen LogP contribution in [0.25, 0.3) is 22.3 Å². The van der Waals surface area contributed by atoms with Crippen LogP contribution >= 0.6 is 11.6 Å². The SMILES string of the molecule is CCN(C)c1cc2oc(-c3ccc(F)cc3)c(C(=O)OC(N)=O)c2c(Cl)c1OC. The minimum atomic E-state index is -1.28. The number of carbonyl (C=O) groups is 2. The summed E-state index contributed by atoms with van der Waals surface area (Å²) in [6, 6.07) is 6.95. The lowest BCUT2D eigenvalue weighted by molar-refractivity contribution is 0.0640. The molecule has 0 saturated carbocycles. The average molecular weight is 421 g/mol. The summed E-state index contributed by atoms with van der Waals surface area (Å²) >= 11 is 6.56. The van der Waals surface area contributed by atoms with Crippen LogP contribution < -0.4 is 15.4 Å². The third-order valence-corrected chi connectivity index (χ3v) is 4.81. The van der Waals surface area contributed by atoms with Gasteiger partial charge in [-0.25, -0.2) is 14.0 Å². The molecule has 7 nitrogen and oxygen atoms in total. The van der Waals surface area contributed by atoms with E-state index in [9.17, 15) is 14.0 Å². The van der Waals surface area contributed by atoms with E-state index in [-0.39, 0.29) is 27.3 Å². The molecular formula is C20H18ClFN2O5. The third kappa shape index (κ3) is 3.71. The predicted molar refractivity (Wildman–Crippen MR) is 107 cm³/mol. The number of carbonyl (C=O) groups excluding carboxylic acids is 2. The van der Waals surface area contributed by atoms with Gasteiger partial charge in [0.15, 0.2) is 5.75 Å². The lowest BCUT2D eigenvalue weighted by Gasteiger charge is -2.20. The number of amides is 1. The van der Waals surface area contributed by atoms with Crippen molar-refractivity contribution in [1.29, 1.82) is 0 Å². The second kappa shape index (κ2) is 8.00. The van der Waals surface area contributed by atoms with Gasteiger partial charge < -0.3 is 24.5 Å². The molecule has 0 aliphatic heterocycles. The molecule has 0 unspecified atom stereocenters. The minimum Gasteiger partial charge on any atom is -0.493 e. The number of hydrogen-bond donors (Lipinski definition) is 1. The maximum atomic E-state index is 13.4. The molecule has 2 N–H and O–H groups in total. The van der Waals surface area contributed by atoms with Crippen LogP contribution in [0.2, 0.25) is 5.02 Å². The van der Waals surface area contributed by atoms with Crippen LogP contribution in [0.3, 0.4) is 0 Å². The van der Waals surface area contributed by atoms with E-state index in [1.54, 1.807) is 6.07 Å². The number of benzene rings is 2. The minimum absolute atomic E-state index is 0.0616. The molecule has 0 aliphatic rings. The molecule has 3 aromatic rings. The highest BCUT2D eigenvalue weighted by Crippen LogP contribution is 2.46. The largest absolute Gasteiger partial charge is 0.493 e. The average Bonchev–Trinajstić information content (AvgIpc) is 3.07. The fourth-order valence-corrected chi connectivity index (χ4v) is 3.34. The van der Waals surface area contributed by atoms with E-state index in [0.717, 1.165) is 0 Å². The van der Waals surface area contributed by atoms with Crippen LogP contribution in [0, 0.1) is 5.82 Å². The van der Waals surface area contributed by atoms with Gasteiger partial charge in [-0.05, 0) is 31.2 Å². The Labute approximate surface area is 170 Å². The van der Waals surface area contributed by atoms with E-state index in [1.165, 1.54) is 31.4 Å². The number of esters is 1.